The van der Waals surface area contributed by atoms with Crippen molar-refractivity contribution in [1.29, 1.82) is 0 Å². The number of hydrazone groups is 1. The van der Waals surface area contributed by atoms with Gasteiger partial charge in [0.05, 0.1) is 25.1 Å². The van der Waals surface area contributed by atoms with E-state index in [2.05, 4.69) is 15.6 Å². The molecule has 1 amide bonds. The van der Waals surface area contributed by atoms with Gasteiger partial charge in [0.15, 0.2) is 18.1 Å². The summed E-state index contributed by atoms with van der Waals surface area (Å²) in [6.45, 7) is 1.95. The zero-order chi connectivity index (χ0) is 16.7. The van der Waals surface area contributed by atoms with Crippen LogP contribution in [0.2, 0.25) is 0 Å². The molecule has 2 aromatic rings. The zero-order valence-electron chi connectivity index (χ0n) is 12.8. The fourth-order valence-electron chi connectivity index (χ4n) is 1.78. The Labute approximate surface area is 132 Å². The van der Waals surface area contributed by atoms with E-state index in [0.29, 0.717) is 18.0 Å². The predicted molar refractivity (Wildman–Crippen MR) is 82.1 cm³/mol. The highest BCUT2D eigenvalue weighted by Crippen LogP contribution is 2.25. The summed E-state index contributed by atoms with van der Waals surface area (Å²) in [5.41, 5.74) is 2.45. The lowest BCUT2D eigenvalue weighted by molar-refractivity contribution is -0.123. The summed E-state index contributed by atoms with van der Waals surface area (Å²) in [6, 6.07) is 6.96. The Kier molecular flexibility index (Phi) is 5.67. The smallest absolute Gasteiger partial charge is 0.277 e. The van der Waals surface area contributed by atoms with Crippen LogP contribution in [0, 0.1) is 5.95 Å². The van der Waals surface area contributed by atoms with Crippen LogP contribution in [0.3, 0.4) is 0 Å². The Morgan fingerprint density at radius 3 is 2.83 bits per heavy atom. The summed E-state index contributed by atoms with van der Waals surface area (Å²) in [5, 5.41) is 7.50. The van der Waals surface area contributed by atoms with E-state index in [1.807, 2.05) is 0 Å². The quantitative estimate of drug-likeness (QED) is 0.620. The minimum Gasteiger partial charge on any atom is -0.493 e. The van der Waals surface area contributed by atoms with Gasteiger partial charge in [0.1, 0.15) is 0 Å². The number of carbonyl (C=O) groups is 1. The topological polar surface area (TPSA) is 77.7 Å². The minimum absolute atomic E-state index is 0.192. The molecule has 2 rings (SSSR count). The summed E-state index contributed by atoms with van der Waals surface area (Å²) in [4.78, 5) is 11.6. The lowest BCUT2D eigenvalue weighted by atomic mass is 10.3. The molecule has 0 aliphatic carbocycles. The van der Waals surface area contributed by atoms with Gasteiger partial charge in [0.2, 0.25) is 5.95 Å². The van der Waals surface area contributed by atoms with Gasteiger partial charge in [-0.05, 0) is 19.1 Å². The van der Waals surface area contributed by atoms with Gasteiger partial charge >= 0.3 is 0 Å². The first-order valence-corrected chi connectivity index (χ1v) is 6.94. The van der Waals surface area contributed by atoms with E-state index < -0.39 is 11.9 Å². The third-order valence-corrected chi connectivity index (χ3v) is 2.92. The van der Waals surface area contributed by atoms with Crippen molar-refractivity contribution >= 4 is 12.1 Å². The molecule has 1 heterocycles. The van der Waals surface area contributed by atoms with Gasteiger partial charge in [0.25, 0.3) is 5.91 Å². The van der Waals surface area contributed by atoms with Crippen molar-refractivity contribution in [2.45, 2.75) is 13.5 Å². The van der Waals surface area contributed by atoms with Gasteiger partial charge in [-0.1, -0.05) is 12.1 Å². The highest BCUT2D eigenvalue weighted by Gasteiger charge is 2.08. The van der Waals surface area contributed by atoms with E-state index >= 15 is 0 Å². The minimum atomic E-state index is -0.504. The number of nitrogens with zero attached hydrogens (tertiary/aromatic N) is 3. The number of amides is 1. The average molecular weight is 320 g/mol. The SMILES string of the molecule is CCn1ncc(/C=N/NC(=O)COc2ccccc2OC)c1F. The number of carbonyl (C=O) groups excluding carboxylic acids is 1. The third-order valence-electron chi connectivity index (χ3n) is 2.92. The van der Waals surface area contributed by atoms with Crippen molar-refractivity contribution in [2.24, 2.45) is 5.10 Å². The lowest BCUT2D eigenvalue weighted by Gasteiger charge is -2.09. The molecule has 1 aromatic heterocycles. The van der Waals surface area contributed by atoms with Crippen molar-refractivity contribution in [3.63, 3.8) is 0 Å². The van der Waals surface area contributed by atoms with Gasteiger partial charge in [-0.3, -0.25) is 4.79 Å². The van der Waals surface area contributed by atoms with Crippen LogP contribution in [-0.2, 0) is 11.3 Å². The largest absolute Gasteiger partial charge is 0.493 e. The van der Waals surface area contributed by atoms with Crippen LogP contribution in [0.15, 0.2) is 35.6 Å². The number of hydrogen-bond acceptors (Lipinski definition) is 5. The summed E-state index contributed by atoms with van der Waals surface area (Å²) in [5.74, 6) is -0.00605. The van der Waals surface area contributed by atoms with Gasteiger partial charge in [-0.2, -0.15) is 14.6 Å². The lowest BCUT2D eigenvalue weighted by Crippen LogP contribution is -2.24. The first-order valence-electron chi connectivity index (χ1n) is 6.94. The molecule has 0 bridgehead atoms. The maximum atomic E-state index is 13.7. The number of rotatable bonds is 7. The zero-order valence-corrected chi connectivity index (χ0v) is 12.8. The van der Waals surface area contributed by atoms with Crippen LogP contribution in [-0.4, -0.2) is 35.6 Å². The monoisotopic (exact) mass is 320 g/mol. The molecule has 1 aromatic carbocycles. The maximum absolute atomic E-state index is 13.7. The second-order valence-corrected chi connectivity index (χ2v) is 4.44. The van der Waals surface area contributed by atoms with E-state index in [1.165, 1.54) is 24.2 Å². The molecular weight excluding hydrogens is 303 g/mol. The average Bonchev–Trinajstić information content (AvgIpc) is 2.93. The number of methoxy groups -OCH3 is 1. The molecule has 1 N–H and O–H groups in total. The molecule has 0 saturated heterocycles. The van der Waals surface area contributed by atoms with E-state index in [9.17, 15) is 9.18 Å². The summed E-state index contributed by atoms with van der Waals surface area (Å²) < 4.78 is 25.3. The van der Waals surface area contributed by atoms with Crippen molar-refractivity contribution in [1.82, 2.24) is 15.2 Å². The molecule has 0 atom stereocenters. The summed E-state index contributed by atoms with van der Waals surface area (Å²) in [6.07, 6.45) is 2.52. The number of halogens is 1. The van der Waals surface area contributed by atoms with Crippen molar-refractivity contribution in [3.05, 3.63) is 42.0 Å². The van der Waals surface area contributed by atoms with Gasteiger partial charge < -0.3 is 9.47 Å². The molecule has 122 valence electrons. The number of benzene rings is 1. The van der Waals surface area contributed by atoms with E-state index in [0.717, 1.165) is 0 Å². The van der Waals surface area contributed by atoms with Crippen LogP contribution in [0.4, 0.5) is 4.39 Å². The Hall–Kier alpha value is -2.90. The molecular formula is C15H17FN4O3. The Bertz CT molecular complexity index is 700. The number of para-hydroxylation sites is 2. The number of ether oxygens (including phenoxy) is 2. The van der Waals surface area contributed by atoms with Crippen LogP contribution in [0.5, 0.6) is 11.5 Å². The number of aromatic nitrogens is 2. The molecule has 0 fully saturated rings. The Morgan fingerprint density at radius 2 is 2.17 bits per heavy atom. The van der Waals surface area contributed by atoms with Crippen LogP contribution >= 0.6 is 0 Å². The van der Waals surface area contributed by atoms with Crippen molar-refractivity contribution < 1.29 is 18.7 Å². The second kappa shape index (κ2) is 7.92. The molecule has 8 heteroatoms. The molecule has 0 unspecified atom stereocenters. The number of nitrogens with one attached hydrogen (secondary N) is 1. The first kappa shape index (κ1) is 16.5. The first-order chi connectivity index (χ1) is 11.2. The highest BCUT2D eigenvalue weighted by molar-refractivity contribution is 5.82. The van der Waals surface area contributed by atoms with Crippen molar-refractivity contribution in [2.75, 3.05) is 13.7 Å². The molecule has 0 aliphatic rings. The number of aryl methyl sites for hydroxylation is 1. The standard InChI is InChI=1S/C15H17FN4O3/c1-3-20-15(16)11(9-18-20)8-17-19-14(21)10-23-13-7-5-4-6-12(13)22-2/h4-9H,3,10H2,1-2H3,(H,19,21)/b17-8+. The summed E-state index contributed by atoms with van der Waals surface area (Å²) in [7, 11) is 1.51. The fraction of sp³-hybridized carbons (Fsp3) is 0.267. The highest BCUT2D eigenvalue weighted by atomic mass is 19.1. The molecule has 0 saturated carbocycles. The van der Waals surface area contributed by atoms with Crippen LogP contribution in [0.1, 0.15) is 12.5 Å². The second-order valence-electron chi connectivity index (χ2n) is 4.44. The Balaban J connectivity index is 1.85. The maximum Gasteiger partial charge on any atom is 0.277 e. The van der Waals surface area contributed by atoms with Crippen molar-refractivity contribution in [3.8, 4) is 11.5 Å². The molecule has 0 radical (unpaired) electrons. The normalized spacial score (nSPS) is 10.7. The van der Waals surface area contributed by atoms with E-state index in [1.54, 1.807) is 31.2 Å². The van der Waals surface area contributed by atoms with Gasteiger partial charge in [-0.25, -0.2) is 10.1 Å². The number of hydrogen-bond donors (Lipinski definition) is 1. The third kappa shape index (κ3) is 4.29. The molecule has 23 heavy (non-hydrogen) atoms. The molecule has 0 aliphatic heterocycles. The van der Waals surface area contributed by atoms with E-state index in [4.69, 9.17) is 9.47 Å². The van der Waals surface area contributed by atoms with Gasteiger partial charge in [0, 0.05) is 6.54 Å². The predicted octanol–water partition coefficient (Wildman–Crippen LogP) is 1.58. The summed E-state index contributed by atoms with van der Waals surface area (Å²) >= 11 is 0. The van der Waals surface area contributed by atoms with E-state index in [-0.39, 0.29) is 12.2 Å². The fourth-order valence-corrected chi connectivity index (χ4v) is 1.78. The molecule has 7 nitrogen and oxygen atoms in total. The molecule has 0 spiro atoms. The van der Waals surface area contributed by atoms with Gasteiger partial charge in [-0.15, -0.1) is 0 Å². The van der Waals surface area contributed by atoms with Crippen LogP contribution in [0.25, 0.3) is 0 Å². The Morgan fingerprint density at radius 1 is 1.43 bits per heavy atom. The van der Waals surface area contributed by atoms with Crippen LogP contribution < -0.4 is 14.9 Å².